The van der Waals surface area contributed by atoms with Gasteiger partial charge in [-0.05, 0) is 30.9 Å². The molecule has 1 aliphatic heterocycles. The van der Waals surface area contributed by atoms with Crippen LogP contribution in [0.15, 0.2) is 36.4 Å². The predicted molar refractivity (Wildman–Crippen MR) is 77.0 cm³/mol. The van der Waals surface area contributed by atoms with E-state index in [2.05, 4.69) is 0 Å². The molecule has 4 heteroatoms. The lowest BCUT2D eigenvalue weighted by molar-refractivity contribution is -0.144. The number of carbonyl (C=O) groups is 2. The van der Waals surface area contributed by atoms with Crippen LogP contribution in [0.5, 0.6) is 0 Å². The van der Waals surface area contributed by atoms with E-state index in [4.69, 9.17) is 5.11 Å². The Labute approximate surface area is 118 Å². The second kappa shape index (κ2) is 6.37. The number of hydrogen-bond donors (Lipinski definition) is 1. The molecular weight excluding hydrogens is 254 g/mol. The zero-order valence-electron chi connectivity index (χ0n) is 11.6. The lowest BCUT2D eigenvalue weighted by atomic mass is 9.98. The Morgan fingerprint density at radius 1 is 1.30 bits per heavy atom. The van der Waals surface area contributed by atoms with Crippen molar-refractivity contribution in [1.82, 2.24) is 4.90 Å². The minimum atomic E-state index is -0.814. The Morgan fingerprint density at radius 2 is 2.00 bits per heavy atom. The summed E-state index contributed by atoms with van der Waals surface area (Å²) in [6.45, 7) is 2.85. The molecule has 1 aromatic carbocycles. The largest absolute Gasteiger partial charge is 0.481 e. The molecule has 1 amide bonds. The molecule has 1 fully saturated rings. The van der Waals surface area contributed by atoms with Gasteiger partial charge in [-0.3, -0.25) is 9.59 Å². The Kier molecular flexibility index (Phi) is 4.56. The van der Waals surface area contributed by atoms with E-state index >= 15 is 0 Å². The van der Waals surface area contributed by atoms with Crippen LogP contribution in [0.1, 0.15) is 25.3 Å². The van der Waals surface area contributed by atoms with Gasteiger partial charge in [0.15, 0.2) is 0 Å². The first kappa shape index (κ1) is 14.3. The van der Waals surface area contributed by atoms with Crippen LogP contribution in [0.2, 0.25) is 0 Å². The summed E-state index contributed by atoms with van der Waals surface area (Å²) in [5.74, 6) is -1.35. The third kappa shape index (κ3) is 3.47. The van der Waals surface area contributed by atoms with Crippen LogP contribution in [-0.2, 0) is 9.59 Å². The highest BCUT2D eigenvalue weighted by atomic mass is 16.4. The van der Waals surface area contributed by atoms with Gasteiger partial charge in [0, 0.05) is 19.2 Å². The maximum Gasteiger partial charge on any atom is 0.308 e. The zero-order valence-corrected chi connectivity index (χ0v) is 11.6. The van der Waals surface area contributed by atoms with Gasteiger partial charge in [-0.1, -0.05) is 30.3 Å². The number of hydrogen-bond acceptors (Lipinski definition) is 2. The number of carboxylic acids is 1. The van der Waals surface area contributed by atoms with E-state index in [-0.39, 0.29) is 5.91 Å². The quantitative estimate of drug-likeness (QED) is 0.860. The highest BCUT2D eigenvalue weighted by molar-refractivity contribution is 5.95. The first-order chi connectivity index (χ1) is 9.58. The molecular formula is C16H19NO3. The van der Waals surface area contributed by atoms with Crippen molar-refractivity contribution in [2.45, 2.75) is 19.8 Å². The smallest absolute Gasteiger partial charge is 0.308 e. The normalized spacial score (nSPS) is 19.8. The molecule has 1 aliphatic rings. The monoisotopic (exact) mass is 273 g/mol. The van der Waals surface area contributed by atoms with Crippen molar-refractivity contribution < 1.29 is 14.7 Å². The number of aliphatic carboxylic acids is 1. The Balaban J connectivity index is 2.06. The first-order valence-corrected chi connectivity index (χ1v) is 6.83. The van der Waals surface area contributed by atoms with Gasteiger partial charge >= 0.3 is 5.97 Å². The van der Waals surface area contributed by atoms with E-state index in [0.29, 0.717) is 19.5 Å². The molecule has 0 saturated carbocycles. The third-order valence-electron chi connectivity index (χ3n) is 3.65. The fourth-order valence-electron chi connectivity index (χ4n) is 2.44. The minimum Gasteiger partial charge on any atom is -0.481 e. The average Bonchev–Trinajstić information content (AvgIpc) is 2.48. The standard InChI is InChI=1S/C16H19NO3/c1-12(13-6-3-2-4-7-13)10-15(18)17-9-5-8-14(11-17)16(19)20/h2-4,6-7,10,14H,5,8-9,11H2,1H3,(H,19,20)/b12-10+. The molecule has 106 valence electrons. The number of rotatable bonds is 3. The van der Waals surface area contributed by atoms with Crippen LogP contribution in [0, 0.1) is 5.92 Å². The molecule has 1 heterocycles. The van der Waals surface area contributed by atoms with E-state index in [1.165, 1.54) is 0 Å². The van der Waals surface area contributed by atoms with Crippen molar-refractivity contribution in [1.29, 1.82) is 0 Å². The van der Waals surface area contributed by atoms with Crippen LogP contribution in [0.4, 0.5) is 0 Å². The summed E-state index contributed by atoms with van der Waals surface area (Å²) >= 11 is 0. The lowest BCUT2D eigenvalue weighted by Gasteiger charge is -2.30. The van der Waals surface area contributed by atoms with Gasteiger partial charge in [0.05, 0.1) is 5.92 Å². The fraction of sp³-hybridized carbons (Fsp3) is 0.375. The number of nitrogens with zero attached hydrogens (tertiary/aromatic N) is 1. The fourth-order valence-corrected chi connectivity index (χ4v) is 2.44. The molecule has 1 unspecified atom stereocenters. The van der Waals surface area contributed by atoms with Gasteiger partial charge in [-0.15, -0.1) is 0 Å². The van der Waals surface area contributed by atoms with Crippen molar-refractivity contribution in [2.75, 3.05) is 13.1 Å². The number of piperidine rings is 1. The number of allylic oxidation sites excluding steroid dienone is 1. The van der Waals surface area contributed by atoms with Gasteiger partial charge in [-0.25, -0.2) is 0 Å². The summed E-state index contributed by atoms with van der Waals surface area (Å²) in [5.41, 5.74) is 1.90. The molecule has 0 aliphatic carbocycles. The van der Waals surface area contributed by atoms with Crippen molar-refractivity contribution in [2.24, 2.45) is 5.92 Å². The van der Waals surface area contributed by atoms with Crippen LogP contribution in [-0.4, -0.2) is 35.0 Å². The van der Waals surface area contributed by atoms with Crippen molar-refractivity contribution >= 4 is 17.4 Å². The van der Waals surface area contributed by atoms with E-state index in [1.807, 2.05) is 37.3 Å². The SMILES string of the molecule is C/C(=C\C(=O)N1CCCC(C(=O)O)C1)c1ccccc1. The van der Waals surface area contributed by atoms with Crippen molar-refractivity contribution in [3.05, 3.63) is 42.0 Å². The van der Waals surface area contributed by atoms with E-state index in [9.17, 15) is 9.59 Å². The van der Waals surface area contributed by atoms with Crippen LogP contribution >= 0.6 is 0 Å². The van der Waals surface area contributed by atoms with Crippen LogP contribution in [0.25, 0.3) is 5.57 Å². The molecule has 2 rings (SSSR count). The first-order valence-electron chi connectivity index (χ1n) is 6.83. The summed E-state index contributed by atoms with van der Waals surface area (Å²) in [4.78, 5) is 24.9. The maximum absolute atomic E-state index is 12.2. The molecule has 0 bridgehead atoms. The summed E-state index contributed by atoms with van der Waals surface area (Å²) in [6.07, 6.45) is 3.00. The lowest BCUT2D eigenvalue weighted by Crippen LogP contribution is -2.41. The van der Waals surface area contributed by atoms with E-state index < -0.39 is 11.9 Å². The Hall–Kier alpha value is -2.10. The van der Waals surface area contributed by atoms with Gasteiger partial charge in [0.1, 0.15) is 0 Å². The number of carboxylic acid groups (broad SMARTS) is 1. The van der Waals surface area contributed by atoms with Gasteiger partial charge in [0.2, 0.25) is 5.91 Å². The highest BCUT2D eigenvalue weighted by Crippen LogP contribution is 2.19. The average molecular weight is 273 g/mol. The molecule has 1 atom stereocenters. The van der Waals surface area contributed by atoms with Crippen LogP contribution < -0.4 is 0 Å². The van der Waals surface area contributed by atoms with Gasteiger partial charge < -0.3 is 10.0 Å². The molecule has 1 aromatic rings. The molecule has 20 heavy (non-hydrogen) atoms. The molecule has 0 aromatic heterocycles. The Bertz CT molecular complexity index is 522. The molecule has 1 saturated heterocycles. The summed E-state index contributed by atoms with van der Waals surface area (Å²) in [7, 11) is 0. The second-order valence-electron chi connectivity index (χ2n) is 5.16. The van der Waals surface area contributed by atoms with Crippen molar-refractivity contribution in [3.63, 3.8) is 0 Å². The second-order valence-corrected chi connectivity index (χ2v) is 5.16. The molecule has 0 radical (unpaired) electrons. The molecule has 1 N–H and O–H groups in total. The van der Waals surface area contributed by atoms with E-state index in [0.717, 1.165) is 17.6 Å². The number of amides is 1. The number of likely N-dealkylation sites (tertiary alicyclic amines) is 1. The van der Waals surface area contributed by atoms with E-state index in [1.54, 1.807) is 11.0 Å². The highest BCUT2D eigenvalue weighted by Gasteiger charge is 2.27. The predicted octanol–water partition coefficient (Wildman–Crippen LogP) is 2.41. The summed E-state index contributed by atoms with van der Waals surface area (Å²) < 4.78 is 0. The minimum absolute atomic E-state index is 0.0997. The maximum atomic E-state index is 12.2. The molecule has 4 nitrogen and oxygen atoms in total. The zero-order chi connectivity index (χ0) is 14.5. The Morgan fingerprint density at radius 3 is 2.65 bits per heavy atom. The number of carbonyl (C=O) groups excluding carboxylic acids is 1. The van der Waals surface area contributed by atoms with Gasteiger partial charge in [0.25, 0.3) is 0 Å². The topological polar surface area (TPSA) is 57.6 Å². The number of benzene rings is 1. The van der Waals surface area contributed by atoms with Crippen LogP contribution in [0.3, 0.4) is 0 Å². The summed E-state index contributed by atoms with van der Waals surface area (Å²) in [5, 5.41) is 9.04. The van der Waals surface area contributed by atoms with Crippen molar-refractivity contribution in [3.8, 4) is 0 Å². The summed E-state index contributed by atoms with van der Waals surface area (Å²) in [6, 6.07) is 9.70. The molecule has 0 spiro atoms. The third-order valence-corrected chi connectivity index (χ3v) is 3.65. The van der Waals surface area contributed by atoms with Gasteiger partial charge in [-0.2, -0.15) is 0 Å².